The number of aromatic carboxylic acids is 1. The van der Waals surface area contributed by atoms with Crippen LogP contribution in [0.5, 0.6) is 0 Å². The Bertz CT molecular complexity index is 321. The van der Waals surface area contributed by atoms with Gasteiger partial charge in [0.1, 0.15) is 5.76 Å². The second-order valence-corrected chi connectivity index (χ2v) is 4.63. The maximum absolute atomic E-state index is 10.5. The zero-order valence-corrected chi connectivity index (χ0v) is 9.29. The molecular formula is C10H14O4S. The van der Waals surface area contributed by atoms with Crippen LogP contribution in [-0.2, 0) is 5.75 Å². The van der Waals surface area contributed by atoms with Gasteiger partial charge < -0.3 is 14.6 Å². The molecule has 1 rings (SSSR count). The predicted molar refractivity (Wildman–Crippen MR) is 58.1 cm³/mol. The first-order chi connectivity index (χ1) is 7.13. The van der Waals surface area contributed by atoms with Gasteiger partial charge in [0, 0.05) is 11.9 Å². The van der Waals surface area contributed by atoms with Crippen molar-refractivity contribution < 1.29 is 19.4 Å². The number of hydrogen-bond donors (Lipinski definition) is 2. The van der Waals surface area contributed by atoms with Gasteiger partial charge >= 0.3 is 5.97 Å². The summed E-state index contributed by atoms with van der Waals surface area (Å²) in [7, 11) is 0. The van der Waals surface area contributed by atoms with E-state index < -0.39 is 5.97 Å². The second-order valence-electron chi connectivity index (χ2n) is 3.21. The molecule has 0 aliphatic carbocycles. The van der Waals surface area contributed by atoms with Crippen molar-refractivity contribution in [1.82, 2.24) is 0 Å². The minimum atomic E-state index is -1.05. The van der Waals surface area contributed by atoms with E-state index in [1.807, 2.05) is 6.92 Å². The standard InChI is InChI=1S/C10H14O4S/c1-7(4-5-11)15-6-8-2-3-9(14-8)10(12)13/h2-3,7,11H,4-6H2,1H3,(H,12,13). The van der Waals surface area contributed by atoms with Crippen LogP contribution in [0.4, 0.5) is 0 Å². The van der Waals surface area contributed by atoms with Crippen molar-refractivity contribution in [3.63, 3.8) is 0 Å². The van der Waals surface area contributed by atoms with Crippen molar-refractivity contribution in [2.24, 2.45) is 0 Å². The highest BCUT2D eigenvalue weighted by Crippen LogP contribution is 2.21. The number of aliphatic hydroxyl groups is 1. The molecule has 0 saturated heterocycles. The summed E-state index contributed by atoms with van der Waals surface area (Å²) in [5, 5.41) is 17.7. The summed E-state index contributed by atoms with van der Waals surface area (Å²) in [5.74, 6) is 0.214. The lowest BCUT2D eigenvalue weighted by atomic mass is 10.3. The zero-order valence-electron chi connectivity index (χ0n) is 8.47. The minimum absolute atomic E-state index is 0.0274. The highest BCUT2D eigenvalue weighted by molar-refractivity contribution is 7.99. The van der Waals surface area contributed by atoms with Gasteiger partial charge in [0.15, 0.2) is 0 Å². The normalized spacial score (nSPS) is 12.7. The highest BCUT2D eigenvalue weighted by atomic mass is 32.2. The molecule has 0 radical (unpaired) electrons. The van der Waals surface area contributed by atoms with Gasteiger partial charge in [-0.05, 0) is 18.6 Å². The molecule has 1 atom stereocenters. The maximum atomic E-state index is 10.5. The van der Waals surface area contributed by atoms with Crippen molar-refractivity contribution in [1.29, 1.82) is 0 Å². The summed E-state index contributed by atoms with van der Waals surface area (Å²) < 4.78 is 5.09. The fourth-order valence-corrected chi connectivity index (χ4v) is 1.94. The molecule has 0 saturated carbocycles. The molecular weight excluding hydrogens is 216 g/mol. The third-order valence-corrected chi connectivity index (χ3v) is 3.17. The van der Waals surface area contributed by atoms with E-state index >= 15 is 0 Å². The zero-order chi connectivity index (χ0) is 11.3. The Labute approximate surface area is 92.3 Å². The third kappa shape index (κ3) is 3.97. The van der Waals surface area contributed by atoms with Crippen LogP contribution in [0.2, 0.25) is 0 Å². The van der Waals surface area contributed by atoms with Gasteiger partial charge in [0.05, 0.1) is 5.75 Å². The van der Waals surface area contributed by atoms with Crippen molar-refractivity contribution in [3.8, 4) is 0 Å². The highest BCUT2D eigenvalue weighted by Gasteiger charge is 2.10. The van der Waals surface area contributed by atoms with Gasteiger partial charge in [0.2, 0.25) is 5.76 Å². The van der Waals surface area contributed by atoms with Crippen LogP contribution in [-0.4, -0.2) is 28.0 Å². The first-order valence-corrected chi connectivity index (χ1v) is 5.73. The van der Waals surface area contributed by atoms with E-state index in [0.29, 0.717) is 16.8 Å². The first-order valence-electron chi connectivity index (χ1n) is 4.68. The van der Waals surface area contributed by atoms with Crippen LogP contribution in [0.15, 0.2) is 16.5 Å². The molecule has 15 heavy (non-hydrogen) atoms. The van der Waals surface area contributed by atoms with Crippen LogP contribution in [0, 0.1) is 0 Å². The average molecular weight is 230 g/mol. The maximum Gasteiger partial charge on any atom is 0.371 e. The number of furan rings is 1. The largest absolute Gasteiger partial charge is 0.475 e. The lowest BCUT2D eigenvalue weighted by Crippen LogP contribution is -1.99. The van der Waals surface area contributed by atoms with Gasteiger partial charge in [-0.1, -0.05) is 6.92 Å². The van der Waals surface area contributed by atoms with Crippen LogP contribution in [0.3, 0.4) is 0 Å². The summed E-state index contributed by atoms with van der Waals surface area (Å²) >= 11 is 1.63. The molecule has 0 spiro atoms. The third-order valence-electron chi connectivity index (χ3n) is 1.92. The lowest BCUT2D eigenvalue weighted by molar-refractivity contribution is 0.0661. The molecule has 0 aromatic carbocycles. The molecule has 0 bridgehead atoms. The Kier molecular flexibility index (Phi) is 4.71. The summed E-state index contributed by atoms with van der Waals surface area (Å²) in [4.78, 5) is 10.5. The summed E-state index contributed by atoms with van der Waals surface area (Å²) in [6.07, 6.45) is 0.733. The van der Waals surface area contributed by atoms with E-state index in [1.54, 1.807) is 17.8 Å². The molecule has 84 valence electrons. The Morgan fingerprint density at radius 2 is 2.33 bits per heavy atom. The van der Waals surface area contributed by atoms with Crippen LogP contribution in [0.25, 0.3) is 0 Å². The second kappa shape index (κ2) is 5.82. The van der Waals surface area contributed by atoms with Gasteiger partial charge in [-0.15, -0.1) is 0 Å². The molecule has 1 aromatic heterocycles. The molecule has 1 heterocycles. The number of carboxylic acid groups (broad SMARTS) is 1. The number of carbonyl (C=O) groups is 1. The quantitative estimate of drug-likeness (QED) is 0.782. The van der Waals surface area contributed by atoms with E-state index in [0.717, 1.165) is 6.42 Å². The first kappa shape index (κ1) is 12.1. The summed E-state index contributed by atoms with van der Waals surface area (Å²) in [5.41, 5.74) is 0. The lowest BCUT2D eigenvalue weighted by Gasteiger charge is -2.06. The minimum Gasteiger partial charge on any atom is -0.475 e. The Balaban J connectivity index is 2.40. The average Bonchev–Trinajstić information content (AvgIpc) is 2.63. The number of rotatable bonds is 6. The SMILES string of the molecule is CC(CCO)SCc1ccc(C(=O)O)o1. The predicted octanol–water partition coefficient (Wildman–Crippen LogP) is 1.98. The van der Waals surface area contributed by atoms with E-state index in [-0.39, 0.29) is 12.4 Å². The molecule has 5 heteroatoms. The van der Waals surface area contributed by atoms with Gasteiger partial charge in [-0.3, -0.25) is 0 Å². The molecule has 0 aliphatic rings. The number of thioether (sulfide) groups is 1. The van der Waals surface area contributed by atoms with E-state index in [9.17, 15) is 4.79 Å². The number of hydrogen-bond acceptors (Lipinski definition) is 4. The van der Waals surface area contributed by atoms with Crippen molar-refractivity contribution in [2.75, 3.05) is 6.61 Å². The molecule has 1 unspecified atom stereocenters. The van der Waals surface area contributed by atoms with Crippen LogP contribution >= 0.6 is 11.8 Å². The molecule has 0 aliphatic heterocycles. The molecule has 4 nitrogen and oxygen atoms in total. The van der Waals surface area contributed by atoms with E-state index in [1.165, 1.54) is 6.07 Å². The van der Waals surface area contributed by atoms with Gasteiger partial charge in [-0.2, -0.15) is 11.8 Å². The van der Waals surface area contributed by atoms with Crippen molar-refractivity contribution in [2.45, 2.75) is 24.3 Å². The van der Waals surface area contributed by atoms with E-state index in [4.69, 9.17) is 14.6 Å². The fraction of sp³-hybridized carbons (Fsp3) is 0.500. The van der Waals surface area contributed by atoms with Gasteiger partial charge in [0.25, 0.3) is 0 Å². The molecule has 1 aromatic rings. The summed E-state index contributed by atoms with van der Waals surface area (Å²) in [6, 6.07) is 3.12. The molecule has 0 fully saturated rings. The van der Waals surface area contributed by atoms with Crippen LogP contribution < -0.4 is 0 Å². The number of carboxylic acids is 1. The Hall–Kier alpha value is -0.940. The Morgan fingerprint density at radius 1 is 1.60 bits per heavy atom. The summed E-state index contributed by atoms with van der Waals surface area (Å²) in [6.45, 7) is 2.19. The van der Waals surface area contributed by atoms with Crippen molar-refractivity contribution >= 4 is 17.7 Å². The topological polar surface area (TPSA) is 70.7 Å². The fourth-order valence-electron chi connectivity index (χ4n) is 1.06. The monoisotopic (exact) mass is 230 g/mol. The van der Waals surface area contributed by atoms with Crippen LogP contribution in [0.1, 0.15) is 29.7 Å². The van der Waals surface area contributed by atoms with Crippen molar-refractivity contribution in [3.05, 3.63) is 23.7 Å². The molecule has 2 N–H and O–H groups in total. The molecule has 0 amide bonds. The number of aliphatic hydroxyl groups excluding tert-OH is 1. The van der Waals surface area contributed by atoms with Gasteiger partial charge in [-0.25, -0.2) is 4.79 Å². The smallest absolute Gasteiger partial charge is 0.371 e. The Morgan fingerprint density at radius 3 is 2.87 bits per heavy atom. The van der Waals surface area contributed by atoms with E-state index in [2.05, 4.69) is 0 Å².